The first-order valence-electron chi connectivity index (χ1n) is 6.72. The van der Waals surface area contributed by atoms with Gasteiger partial charge in [0.05, 0.1) is 12.2 Å². The second-order valence-corrected chi connectivity index (χ2v) is 4.28. The lowest BCUT2D eigenvalue weighted by atomic mass is 10.2. The minimum Gasteiger partial charge on any atom is -0.481 e. The summed E-state index contributed by atoms with van der Waals surface area (Å²) in [6.07, 6.45) is 4.12. The minimum atomic E-state index is -0.755. The minimum absolute atomic E-state index is 0.215. The average molecular weight is 280 g/mol. The monoisotopic (exact) mass is 280 g/mol. The first-order valence-corrected chi connectivity index (χ1v) is 6.72. The van der Waals surface area contributed by atoms with E-state index in [1.165, 1.54) is 6.20 Å². The molecule has 0 bridgehead atoms. The molecular formula is C14H20N2O4. The Bertz CT molecular complexity index is 431. The topological polar surface area (TPSA) is 88.5 Å². The lowest BCUT2D eigenvalue weighted by Gasteiger charge is -2.06. The van der Waals surface area contributed by atoms with Crippen LogP contribution in [0.1, 0.15) is 43.0 Å². The molecule has 6 heteroatoms. The number of hydrogen-bond donors (Lipinski definition) is 2. The van der Waals surface area contributed by atoms with Crippen LogP contribution in [0.4, 0.5) is 5.82 Å². The number of esters is 1. The third kappa shape index (κ3) is 6.17. The Morgan fingerprint density at radius 1 is 1.30 bits per heavy atom. The summed E-state index contributed by atoms with van der Waals surface area (Å²) >= 11 is 0. The van der Waals surface area contributed by atoms with Gasteiger partial charge in [0.25, 0.3) is 0 Å². The van der Waals surface area contributed by atoms with Gasteiger partial charge < -0.3 is 15.2 Å². The van der Waals surface area contributed by atoms with E-state index >= 15 is 0 Å². The van der Waals surface area contributed by atoms with Gasteiger partial charge in [-0.1, -0.05) is 6.42 Å². The molecule has 0 radical (unpaired) electrons. The molecule has 1 aromatic rings. The van der Waals surface area contributed by atoms with Gasteiger partial charge in [-0.15, -0.1) is 0 Å². The zero-order chi connectivity index (χ0) is 14.8. The van der Waals surface area contributed by atoms with Crippen LogP contribution in [0.2, 0.25) is 0 Å². The van der Waals surface area contributed by atoms with Crippen molar-refractivity contribution < 1.29 is 19.4 Å². The van der Waals surface area contributed by atoms with Crippen molar-refractivity contribution in [2.24, 2.45) is 0 Å². The van der Waals surface area contributed by atoms with E-state index in [4.69, 9.17) is 9.84 Å². The second kappa shape index (κ2) is 8.90. The smallest absolute Gasteiger partial charge is 0.339 e. The number of rotatable bonds is 9. The van der Waals surface area contributed by atoms with Crippen molar-refractivity contribution in [3.63, 3.8) is 0 Å². The quantitative estimate of drug-likeness (QED) is 0.533. The van der Waals surface area contributed by atoms with Crippen LogP contribution in [0.5, 0.6) is 0 Å². The van der Waals surface area contributed by atoms with E-state index in [1.807, 2.05) is 0 Å². The molecule has 1 aromatic heterocycles. The highest BCUT2D eigenvalue weighted by molar-refractivity contribution is 5.89. The lowest BCUT2D eigenvalue weighted by Crippen LogP contribution is -2.07. The zero-order valence-electron chi connectivity index (χ0n) is 11.6. The van der Waals surface area contributed by atoms with E-state index in [0.29, 0.717) is 24.4 Å². The van der Waals surface area contributed by atoms with E-state index in [2.05, 4.69) is 10.3 Å². The predicted molar refractivity (Wildman–Crippen MR) is 74.8 cm³/mol. The molecule has 20 heavy (non-hydrogen) atoms. The molecule has 1 heterocycles. The summed E-state index contributed by atoms with van der Waals surface area (Å²) in [7, 11) is 0. The number of carboxylic acids is 1. The van der Waals surface area contributed by atoms with Gasteiger partial charge in [0.1, 0.15) is 5.82 Å². The molecule has 0 aliphatic heterocycles. The first-order chi connectivity index (χ1) is 9.63. The van der Waals surface area contributed by atoms with E-state index in [9.17, 15) is 9.59 Å². The van der Waals surface area contributed by atoms with E-state index in [1.54, 1.807) is 19.1 Å². The van der Waals surface area contributed by atoms with Crippen molar-refractivity contribution in [1.29, 1.82) is 0 Å². The number of unbranched alkanes of at least 4 members (excludes halogenated alkanes) is 2. The van der Waals surface area contributed by atoms with Crippen LogP contribution in [0.15, 0.2) is 18.3 Å². The first kappa shape index (κ1) is 15.9. The van der Waals surface area contributed by atoms with E-state index in [0.717, 1.165) is 19.4 Å². The van der Waals surface area contributed by atoms with Crippen LogP contribution < -0.4 is 5.32 Å². The molecule has 0 aliphatic carbocycles. The molecule has 110 valence electrons. The fourth-order valence-electron chi connectivity index (χ4n) is 1.63. The number of carbonyl (C=O) groups excluding carboxylic acids is 1. The summed E-state index contributed by atoms with van der Waals surface area (Å²) in [4.78, 5) is 25.9. The number of carbonyl (C=O) groups is 2. The molecule has 6 nitrogen and oxygen atoms in total. The summed E-state index contributed by atoms with van der Waals surface area (Å²) in [6.45, 7) is 2.83. The zero-order valence-corrected chi connectivity index (χ0v) is 11.6. The summed E-state index contributed by atoms with van der Waals surface area (Å²) < 4.78 is 4.87. The largest absolute Gasteiger partial charge is 0.481 e. The molecule has 2 N–H and O–H groups in total. The Labute approximate surface area is 118 Å². The molecule has 0 saturated heterocycles. The summed E-state index contributed by atoms with van der Waals surface area (Å²) in [5.74, 6) is -0.439. The lowest BCUT2D eigenvalue weighted by molar-refractivity contribution is -0.137. The fourth-order valence-corrected chi connectivity index (χ4v) is 1.63. The maximum absolute atomic E-state index is 11.4. The van der Waals surface area contributed by atoms with Crippen LogP contribution in [0.3, 0.4) is 0 Å². The highest BCUT2D eigenvalue weighted by Gasteiger charge is 2.06. The molecule has 0 amide bonds. The maximum Gasteiger partial charge on any atom is 0.339 e. The third-order valence-corrected chi connectivity index (χ3v) is 2.65. The van der Waals surface area contributed by atoms with Crippen molar-refractivity contribution in [3.05, 3.63) is 23.9 Å². The van der Waals surface area contributed by atoms with Gasteiger partial charge in [0.2, 0.25) is 0 Å². The summed E-state index contributed by atoms with van der Waals surface area (Å²) in [6, 6.07) is 3.39. The fraction of sp³-hybridized carbons (Fsp3) is 0.500. The van der Waals surface area contributed by atoms with E-state index in [-0.39, 0.29) is 12.4 Å². The SMILES string of the molecule is CCOC(=O)c1ccc(NCCCCCC(=O)O)nc1. The van der Waals surface area contributed by atoms with Gasteiger partial charge in [-0.25, -0.2) is 9.78 Å². The number of pyridine rings is 1. The molecule has 0 unspecified atom stereocenters. The van der Waals surface area contributed by atoms with Crippen LogP contribution in [0.25, 0.3) is 0 Å². The number of nitrogens with one attached hydrogen (secondary N) is 1. The van der Waals surface area contributed by atoms with Gasteiger partial charge >= 0.3 is 11.9 Å². The van der Waals surface area contributed by atoms with Gasteiger partial charge in [-0.3, -0.25) is 4.79 Å². The van der Waals surface area contributed by atoms with Gasteiger partial charge in [0, 0.05) is 19.2 Å². The predicted octanol–water partition coefficient (Wildman–Crippen LogP) is 2.32. The highest BCUT2D eigenvalue weighted by atomic mass is 16.5. The third-order valence-electron chi connectivity index (χ3n) is 2.65. The Hall–Kier alpha value is -2.11. The van der Waals surface area contributed by atoms with Crippen molar-refractivity contribution >= 4 is 17.8 Å². The number of aliphatic carboxylic acids is 1. The summed E-state index contributed by atoms with van der Waals surface area (Å²) in [5, 5.41) is 11.6. The standard InChI is InChI=1S/C14H20N2O4/c1-2-20-14(19)11-7-8-12(16-10-11)15-9-5-3-4-6-13(17)18/h7-8,10H,2-6,9H2,1H3,(H,15,16)(H,17,18). The Morgan fingerprint density at radius 3 is 2.70 bits per heavy atom. The molecule has 1 rings (SSSR count). The molecule has 0 saturated carbocycles. The number of carboxylic acid groups (broad SMARTS) is 1. The van der Waals surface area contributed by atoms with Crippen molar-refractivity contribution in [2.45, 2.75) is 32.6 Å². The molecule has 0 atom stereocenters. The average Bonchev–Trinajstić information content (AvgIpc) is 2.43. The number of ether oxygens (including phenoxy) is 1. The van der Waals surface area contributed by atoms with Crippen LogP contribution in [0, 0.1) is 0 Å². The van der Waals surface area contributed by atoms with Crippen LogP contribution in [-0.4, -0.2) is 35.2 Å². The highest BCUT2D eigenvalue weighted by Crippen LogP contribution is 2.07. The molecule has 0 fully saturated rings. The molecule has 0 aliphatic rings. The number of anilines is 1. The van der Waals surface area contributed by atoms with Crippen LogP contribution >= 0.6 is 0 Å². The normalized spacial score (nSPS) is 10.1. The van der Waals surface area contributed by atoms with Crippen molar-refractivity contribution in [3.8, 4) is 0 Å². The molecule has 0 aromatic carbocycles. The summed E-state index contributed by atoms with van der Waals surface area (Å²) in [5.41, 5.74) is 0.429. The molecular weight excluding hydrogens is 260 g/mol. The second-order valence-electron chi connectivity index (χ2n) is 4.28. The van der Waals surface area contributed by atoms with Crippen LogP contribution in [-0.2, 0) is 9.53 Å². The Morgan fingerprint density at radius 2 is 2.10 bits per heavy atom. The molecule has 0 spiro atoms. The van der Waals surface area contributed by atoms with Gasteiger partial charge in [0.15, 0.2) is 0 Å². The van der Waals surface area contributed by atoms with E-state index < -0.39 is 5.97 Å². The number of aromatic nitrogens is 1. The van der Waals surface area contributed by atoms with Gasteiger partial charge in [-0.05, 0) is 31.9 Å². The Kier molecular flexibility index (Phi) is 7.10. The maximum atomic E-state index is 11.4. The van der Waals surface area contributed by atoms with Crippen molar-refractivity contribution in [2.75, 3.05) is 18.5 Å². The van der Waals surface area contributed by atoms with Gasteiger partial charge in [-0.2, -0.15) is 0 Å². The number of nitrogens with zero attached hydrogens (tertiary/aromatic N) is 1. The van der Waals surface area contributed by atoms with Crippen molar-refractivity contribution in [1.82, 2.24) is 4.98 Å². The number of hydrogen-bond acceptors (Lipinski definition) is 5. The Balaban J connectivity index is 2.24.